The number of carbonyl (C=O) groups is 2. The molecule has 6 nitrogen and oxygen atoms in total. The van der Waals surface area contributed by atoms with Gasteiger partial charge in [0.2, 0.25) is 5.91 Å². The summed E-state index contributed by atoms with van der Waals surface area (Å²) >= 11 is 0. The second kappa shape index (κ2) is 7.06. The zero-order valence-electron chi connectivity index (χ0n) is 13.0. The van der Waals surface area contributed by atoms with Gasteiger partial charge in [-0.2, -0.15) is 0 Å². The first-order valence-electron chi connectivity index (χ1n) is 6.77. The number of likely N-dealkylation sites (N-methyl/N-ethyl adjacent to an activating group) is 1. The Hall–Kier alpha value is -2.11. The number of carbonyl (C=O) groups excluding carboxylic acids is 2. The van der Waals surface area contributed by atoms with E-state index in [1.54, 1.807) is 13.2 Å². The largest absolute Gasteiger partial charge is 0.464 e. The summed E-state index contributed by atoms with van der Waals surface area (Å²) in [5, 5.41) is 0. The number of H-pyrrole nitrogens is 1. The van der Waals surface area contributed by atoms with Gasteiger partial charge in [0.1, 0.15) is 6.04 Å². The molecule has 1 aromatic heterocycles. The Balaban J connectivity index is 2.82. The van der Waals surface area contributed by atoms with E-state index < -0.39 is 12.0 Å². The van der Waals surface area contributed by atoms with Crippen LogP contribution in [0.25, 0.3) is 0 Å². The van der Waals surface area contributed by atoms with Gasteiger partial charge in [0.05, 0.1) is 12.9 Å². The summed E-state index contributed by atoms with van der Waals surface area (Å²) < 4.78 is 5.33. The maximum atomic E-state index is 12.3. The van der Waals surface area contributed by atoms with E-state index in [1.165, 1.54) is 17.3 Å². The number of hydrogen-bond acceptors (Lipinski definition) is 4. The first-order valence-corrected chi connectivity index (χ1v) is 6.77. The molecule has 0 aliphatic carbocycles. The Kier molecular flexibility index (Phi) is 5.69. The molecule has 6 heteroatoms. The van der Waals surface area contributed by atoms with Crippen LogP contribution in [0, 0.1) is 5.41 Å². The number of nitrogens with one attached hydrogen (secondary N) is 1. The van der Waals surface area contributed by atoms with Crippen molar-refractivity contribution in [2.24, 2.45) is 5.41 Å². The van der Waals surface area contributed by atoms with Crippen LogP contribution in [-0.4, -0.2) is 46.4 Å². The van der Waals surface area contributed by atoms with Gasteiger partial charge in [-0.25, -0.2) is 9.78 Å². The highest BCUT2D eigenvalue weighted by molar-refractivity contribution is 5.91. The Labute approximate surface area is 125 Å². The Morgan fingerprint density at radius 1 is 1.52 bits per heavy atom. The molecule has 1 heterocycles. The number of imidazole rings is 1. The fourth-order valence-electron chi connectivity index (χ4n) is 1.66. The molecule has 0 aliphatic heterocycles. The van der Waals surface area contributed by atoms with Gasteiger partial charge in [0.25, 0.3) is 0 Å². The van der Waals surface area contributed by atoms with Crippen LogP contribution in [0.5, 0.6) is 0 Å². The number of ether oxygens (including phenoxy) is 1. The van der Waals surface area contributed by atoms with Gasteiger partial charge in [-0.1, -0.05) is 27.4 Å². The minimum atomic E-state index is -0.710. The van der Waals surface area contributed by atoms with E-state index in [4.69, 9.17) is 4.74 Å². The third kappa shape index (κ3) is 5.41. The molecule has 0 unspecified atom stereocenters. The van der Waals surface area contributed by atoms with Crippen molar-refractivity contribution in [3.63, 3.8) is 0 Å². The van der Waals surface area contributed by atoms with Gasteiger partial charge in [-0.3, -0.25) is 4.79 Å². The molecule has 0 bridgehead atoms. The van der Waals surface area contributed by atoms with Crippen molar-refractivity contribution in [2.45, 2.75) is 33.2 Å². The first-order chi connectivity index (χ1) is 9.74. The molecule has 0 saturated heterocycles. The van der Waals surface area contributed by atoms with Crippen molar-refractivity contribution >= 4 is 11.9 Å². The van der Waals surface area contributed by atoms with E-state index >= 15 is 0 Å². The van der Waals surface area contributed by atoms with Crippen molar-refractivity contribution in [3.8, 4) is 0 Å². The SMILES string of the molecule is C=CC(=O)N(C)[C@@H](Cc1cnc[nH]1)C(=O)OCC(C)(C)C. The Morgan fingerprint density at radius 2 is 2.19 bits per heavy atom. The third-order valence-electron chi connectivity index (χ3n) is 2.88. The number of rotatable bonds is 6. The third-order valence-corrected chi connectivity index (χ3v) is 2.88. The van der Waals surface area contributed by atoms with Crippen LogP contribution in [0.1, 0.15) is 26.5 Å². The molecule has 0 fully saturated rings. The number of esters is 1. The second-order valence-corrected chi connectivity index (χ2v) is 6.12. The molecule has 0 aromatic carbocycles. The minimum Gasteiger partial charge on any atom is -0.464 e. The van der Waals surface area contributed by atoms with E-state index in [9.17, 15) is 9.59 Å². The molecule has 1 atom stereocenters. The molecular formula is C15H23N3O3. The predicted octanol–water partition coefficient (Wildman–Crippen LogP) is 1.55. The maximum Gasteiger partial charge on any atom is 0.329 e. The van der Waals surface area contributed by atoms with E-state index in [2.05, 4.69) is 16.5 Å². The number of nitrogens with zero attached hydrogens (tertiary/aromatic N) is 2. The van der Waals surface area contributed by atoms with Crippen LogP contribution in [-0.2, 0) is 20.7 Å². The van der Waals surface area contributed by atoms with Crippen LogP contribution in [0.15, 0.2) is 25.2 Å². The lowest BCUT2D eigenvalue weighted by Gasteiger charge is -2.27. The summed E-state index contributed by atoms with van der Waals surface area (Å²) in [6.07, 6.45) is 4.65. The van der Waals surface area contributed by atoms with E-state index in [1.807, 2.05) is 20.8 Å². The van der Waals surface area contributed by atoms with Crippen LogP contribution in [0.3, 0.4) is 0 Å². The maximum absolute atomic E-state index is 12.3. The number of amides is 1. The van der Waals surface area contributed by atoms with Crippen molar-refractivity contribution in [2.75, 3.05) is 13.7 Å². The van der Waals surface area contributed by atoms with E-state index in [0.717, 1.165) is 5.69 Å². The standard InChI is InChI=1S/C15H23N3O3/c1-6-13(19)18(5)12(7-11-8-16-10-17-11)14(20)21-9-15(2,3)4/h6,8,10,12H,1,7,9H2,2-5H3,(H,16,17)/t12-/m0/s1. The van der Waals surface area contributed by atoms with Gasteiger partial charge in [-0.15, -0.1) is 0 Å². The lowest BCUT2D eigenvalue weighted by atomic mass is 9.98. The average molecular weight is 293 g/mol. The quantitative estimate of drug-likeness (QED) is 0.638. The highest BCUT2D eigenvalue weighted by Crippen LogP contribution is 2.15. The van der Waals surface area contributed by atoms with Gasteiger partial charge >= 0.3 is 5.97 Å². The molecule has 0 radical (unpaired) electrons. The molecule has 0 saturated carbocycles. The fourth-order valence-corrected chi connectivity index (χ4v) is 1.66. The number of aromatic amines is 1. The molecule has 1 rings (SSSR count). The van der Waals surface area contributed by atoms with Crippen molar-refractivity contribution in [1.82, 2.24) is 14.9 Å². The van der Waals surface area contributed by atoms with Gasteiger partial charge < -0.3 is 14.6 Å². The zero-order valence-corrected chi connectivity index (χ0v) is 13.0. The topological polar surface area (TPSA) is 75.3 Å². The molecule has 116 valence electrons. The zero-order chi connectivity index (χ0) is 16.0. The number of aromatic nitrogens is 2. The lowest BCUT2D eigenvalue weighted by Crippen LogP contribution is -2.44. The van der Waals surface area contributed by atoms with Gasteiger partial charge in [0, 0.05) is 25.4 Å². The second-order valence-electron chi connectivity index (χ2n) is 6.12. The predicted molar refractivity (Wildman–Crippen MR) is 79.5 cm³/mol. The summed E-state index contributed by atoms with van der Waals surface area (Å²) in [6, 6.07) is -0.710. The summed E-state index contributed by atoms with van der Waals surface area (Å²) in [5.41, 5.74) is 0.631. The minimum absolute atomic E-state index is 0.130. The van der Waals surface area contributed by atoms with Crippen LogP contribution >= 0.6 is 0 Å². The van der Waals surface area contributed by atoms with Crippen molar-refractivity contribution in [3.05, 3.63) is 30.9 Å². The van der Waals surface area contributed by atoms with Crippen LogP contribution in [0.2, 0.25) is 0 Å². The van der Waals surface area contributed by atoms with Gasteiger partial charge in [-0.05, 0) is 11.5 Å². The molecule has 0 spiro atoms. The molecule has 21 heavy (non-hydrogen) atoms. The lowest BCUT2D eigenvalue weighted by molar-refractivity contribution is -0.155. The average Bonchev–Trinajstić information content (AvgIpc) is 2.92. The summed E-state index contributed by atoms with van der Waals surface area (Å²) in [6.45, 7) is 9.66. The highest BCUT2D eigenvalue weighted by atomic mass is 16.5. The fraction of sp³-hybridized carbons (Fsp3) is 0.533. The van der Waals surface area contributed by atoms with E-state index in [-0.39, 0.29) is 11.3 Å². The Bertz CT molecular complexity index is 489. The Morgan fingerprint density at radius 3 is 2.67 bits per heavy atom. The smallest absolute Gasteiger partial charge is 0.329 e. The highest BCUT2D eigenvalue weighted by Gasteiger charge is 2.29. The summed E-state index contributed by atoms with van der Waals surface area (Å²) in [7, 11) is 1.56. The normalized spacial score (nSPS) is 12.6. The van der Waals surface area contributed by atoms with Crippen LogP contribution < -0.4 is 0 Å². The molecule has 1 amide bonds. The van der Waals surface area contributed by atoms with Crippen LogP contribution in [0.4, 0.5) is 0 Å². The molecule has 0 aliphatic rings. The van der Waals surface area contributed by atoms with Crippen molar-refractivity contribution < 1.29 is 14.3 Å². The van der Waals surface area contributed by atoms with Crippen molar-refractivity contribution in [1.29, 1.82) is 0 Å². The molecule has 1 N–H and O–H groups in total. The van der Waals surface area contributed by atoms with E-state index in [0.29, 0.717) is 13.0 Å². The molecule has 1 aromatic rings. The summed E-state index contributed by atoms with van der Waals surface area (Å²) in [4.78, 5) is 32.2. The first kappa shape index (κ1) is 16.9. The number of hydrogen-bond donors (Lipinski definition) is 1. The summed E-state index contributed by atoms with van der Waals surface area (Å²) in [5.74, 6) is -0.760. The van der Waals surface area contributed by atoms with Gasteiger partial charge in [0.15, 0.2) is 0 Å². The monoisotopic (exact) mass is 293 g/mol. The molecular weight excluding hydrogens is 270 g/mol.